The molecular weight excluding hydrogens is 268 g/mol. The quantitative estimate of drug-likeness (QED) is 0.744. The molecule has 0 aliphatic carbocycles. The van der Waals surface area contributed by atoms with E-state index in [0.717, 1.165) is 33.5 Å². The zero-order chi connectivity index (χ0) is 14.4. The first kappa shape index (κ1) is 12.0. The second kappa shape index (κ2) is 4.34. The van der Waals surface area contributed by atoms with E-state index < -0.39 is 0 Å². The van der Waals surface area contributed by atoms with E-state index in [1.165, 1.54) is 6.07 Å². The molecule has 0 bridgehead atoms. The van der Waals surface area contributed by atoms with Gasteiger partial charge in [-0.05, 0) is 30.7 Å². The molecule has 21 heavy (non-hydrogen) atoms. The van der Waals surface area contributed by atoms with Gasteiger partial charge in [0.2, 0.25) is 12.4 Å². The highest BCUT2D eigenvalue weighted by Gasteiger charge is 2.16. The van der Waals surface area contributed by atoms with Crippen molar-refractivity contribution in [2.45, 2.75) is 6.92 Å². The smallest absolute Gasteiger partial charge is 0.247 e. The van der Waals surface area contributed by atoms with Gasteiger partial charge in [0.05, 0.1) is 11.2 Å². The molecule has 1 N–H and O–H groups in total. The fourth-order valence-electron chi connectivity index (χ4n) is 2.50. The molecule has 5 nitrogen and oxygen atoms in total. The van der Waals surface area contributed by atoms with Gasteiger partial charge in [-0.3, -0.25) is 4.79 Å². The van der Waals surface area contributed by atoms with Crippen LogP contribution in [-0.2, 0) is 0 Å². The minimum absolute atomic E-state index is 0.125. The van der Waals surface area contributed by atoms with E-state index in [9.17, 15) is 4.79 Å². The van der Waals surface area contributed by atoms with Crippen molar-refractivity contribution in [2.75, 3.05) is 6.79 Å². The molecule has 3 heterocycles. The largest absolute Gasteiger partial charge is 0.454 e. The van der Waals surface area contributed by atoms with Crippen LogP contribution in [0.25, 0.3) is 22.2 Å². The van der Waals surface area contributed by atoms with E-state index in [1.54, 1.807) is 12.3 Å². The van der Waals surface area contributed by atoms with Crippen LogP contribution >= 0.6 is 0 Å². The molecule has 0 atom stereocenters. The van der Waals surface area contributed by atoms with Gasteiger partial charge in [0.15, 0.2) is 11.5 Å². The Balaban J connectivity index is 1.94. The van der Waals surface area contributed by atoms with Gasteiger partial charge in [0, 0.05) is 29.3 Å². The number of benzene rings is 1. The monoisotopic (exact) mass is 280 g/mol. The summed E-state index contributed by atoms with van der Waals surface area (Å²) in [4.78, 5) is 18.5. The number of aromatic amines is 1. The third-order valence-corrected chi connectivity index (χ3v) is 3.59. The summed E-state index contributed by atoms with van der Waals surface area (Å²) < 4.78 is 10.8. The predicted molar refractivity (Wildman–Crippen MR) is 78.7 cm³/mol. The number of nitrogens with zero attached hydrogens (tertiary/aromatic N) is 1. The summed E-state index contributed by atoms with van der Waals surface area (Å²) in [5, 5.41) is 1.03. The molecule has 0 saturated heterocycles. The minimum Gasteiger partial charge on any atom is -0.454 e. The van der Waals surface area contributed by atoms with Crippen LogP contribution in [0, 0.1) is 6.92 Å². The van der Waals surface area contributed by atoms with Crippen LogP contribution in [0.5, 0.6) is 11.5 Å². The zero-order valence-corrected chi connectivity index (χ0v) is 11.3. The van der Waals surface area contributed by atoms with Crippen molar-refractivity contribution >= 4 is 10.9 Å². The molecular formula is C16H12N2O3. The van der Waals surface area contributed by atoms with Crippen molar-refractivity contribution in [1.29, 1.82) is 0 Å². The number of pyridine rings is 2. The maximum Gasteiger partial charge on any atom is 0.247 e. The van der Waals surface area contributed by atoms with E-state index in [0.29, 0.717) is 5.75 Å². The van der Waals surface area contributed by atoms with E-state index in [-0.39, 0.29) is 12.4 Å². The van der Waals surface area contributed by atoms with Gasteiger partial charge < -0.3 is 14.5 Å². The third kappa shape index (κ3) is 1.94. The Morgan fingerprint density at radius 2 is 1.95 bits per heavy atom. The SMILES string of the molecule is Cc1cc(-c2ccc(=O)[nH]c2)nc2cc3c(cc12)OCO3. The van der Waals surface area contributed by atoms with Crippen molar-refractivity contribution < 1.29 is 9.47 Å². The molecule has 0 spiro atoms. The fourth-order valence-corrected chi connectivity index (χ4v) is 2.50. The molecule has 0 radical (unpaired) electrons. The van der Waals surface area contributed by atoms with Gasteiger partial charge in [-0.25, -0.2) is 4.98 Å². The van der Waals surface area contributed by atoms with Crippen LogP contribution in [0.4, 0.5) is 0 Å². The summed E-state index contributed by atoms with van der Waals surface area (Å²) in [6, 6.07) is 9.10. The Hall–Kier alpha value is -2.82. The number of nitrogens with one attached hydrogen (secondary N) is 1. The lowest BCUT2D eigenvalue weighted by molar-refractivity contribution is 0.174. The first-order chi connectivity index (χ1) is 10.2. The van der Waals surface area contributed by atoms with Crippen molar-refractivity contribution in [2.24, 2.45) is 0 Å². The number of fused-ring (bicyclic) bond motifs is 2. The average Bonchev–Trinajstić information content (AvgIpc) is 2.93. The topological polar surface area (TPSA) is 64.2 Å². The summed E-state index contributed by atoms with van der Waals surface area (Å²) in [6.07, 6.45) is 1.67. The van der Waals surface area contributed by atoms with E-state index in [4.69, 9.17) is 9.47 Å². The third-order valence-electron chi connectivity index (χ3n) is 3.59. The molecule has 0 saturated carbocycles. The highest BCUT2D eigenvalue weighted by Crippen LogP contribution is 2.37. The van der Waals surface area contributed by atoms with Crippen molar-refractivity contribution in [1.82, 2.24) is 9.97 Å². The summed E-state index contributed by atoms with van der Waals surface area (Å²) in [6.45, 7) is 2.28. The van der Waals surface area contributed by atoms with Gasteiger partial charge in [0.25, 0.3) is 0 Å². The van der Waals surface area contributed by atoms with Gasteiger partial charge in [-0.2, -0.15) is 0 Å². The highest BCUT2D eigenvalue weighted by molar-refractivity contribution is 5.88. The number of ether oxygens (including phenoxy) is 2. The second-order valence-electron chi connectivity index (χ2n) is 4.99. The fraction of sp³-hybridized carbons (Fsp3) is 0.125. The summed E-state index contributed by atoms with van der Waals surface area (Å²) in [5.41, 5.74) is 3.51. The lowest BCUT2D eigenvalue weighted by Gasteiger charge is -2.07. The maximum atomic E-state index is 11.2. The molecule has 1 aliphatic heterocycles. The lowest BCUT2D eigenvalue weighted by atomic mass is 10.1. The van der Waals surface area contributed by atoms with Crippen LogP contribution in [0.3, 0.4) is 0 Å². The number of aryl methyl sites for hydroxylation is 1. The first-order valence-corrected chi connectivity index (χ1v) is 6.61. The number of H-pyrrole nitrogens is 1. The highest BCUT2D eigenvalue weighted by atomic mass is 16.7. The number of aromatic nitrogens is 2. The van der Waals surface area contributed by atoms with Crippen LogP contribution in [0.2, 0.25) is 0 Å². The van der Waals surface area contributed by atoms with Gasteiger partial charge in [-0.15, -0.1) is 0 Å². The molecule has 104 valence electrons. The average molecular weight is 280 g/mol. The molecule has 0 amide bonds. The zero-order valence-electron chi connectivity index (χ0n) is 11.3. The molecule has 3 aromatic rings. The molecule has 1 aromatic carbocycles. The lowest BCUT2D eigenvalue weighted by Crippen LogP contribution is -2.01. The molecule has 0 fully saturated rings. The minimum atomic E-state index is -0.125. The number of hydrogen-bond acceptors (Lipinski definition) is 4. The van der Waals surface area contributed by atoms with Crippen molar-refractivity contribution in [3.05, 3.63) is 52.4 Å². The van der Waals surface area contributed by atoms with Gasteiger partial charge in [-0.1, -0.05) is 0 Å². The molecule has 1 aliphatic rings. The van der Waals surface area contributed by atoms with Crippen molar-refractivity contribution in [3.63, 3.8) is 0 Å². The molecule has 0 unspecified atom stereocenters. The summed E-state index contributed by atoms with van der Waals surface area (Å²) in [5.74, 6) is 1.47. The van der Waals surface area contributed by atoms with Crippen LogP contribution in [-0.4, -0.2) is 16.8 Å². The number of rotatable bonds is 1. The van der Waals surface area contributed by atoms with Crippen LogP contribution in [0.15, 0.2) is 41.3 Å². The first-order valence-electron chi connectivity index (χ1n) is 6.61. The Morgan fingerprint density at radius 1 is 1.14 bits per heavy atom. The summed E-state index contributed by atoms with van der Waals surface area (Å²) in [7, 11) is 0. The Bertz CT molecular complexity index is 895. The normalized spacial score (nSPS) is 12.8. The Morgan fingerprint density at radius 3 is 2.71 bits per heavy atom. The second-order valence-corrected chi connectivity index (χ2v) is 4.99. The maximum absolute atomic E-state index is 11.2. The van der Waals surface area contributed by atoms with Crippen molar-refractivity contribution in [3.8, 4) is 22.8 Å². The van der Waals surface area contributed by atoms with Crippen LogP contribution < -0.4 is 15.0 Å². The molecule has 5 heteroatoms. The number of hydrogen-bond donors (Lipinski definition) is 1. The van der Waals surface area contributed by atoms with Gasteiger partial charge in [0.1, 0.15) is 0 Å². The van der Waals surface area contributed by atoms with Gasteiger partial charge >= 0.3 is 0 Å². The van der Waals surface area contributed by atoms with E-state index in [2.05, 4.69) is 9.97 Å². The standard InChI is InChI=1S/C16H12N2O3/c1-9-4-12(10-2-3-16(19)17-7-10)18-13-6-15-14(5-11(9)13)20-8-21-15/h2-7H,8H2,1H3,(H,17,19). The van der Waals surface area contributed by atoms with E-state index >= 15 is 0 Å². The molecule has 4 rings (SSSR count). The predicted octanol–water partition coefficient (Wildman–Crippen LogP) is 2.63. The van der Waals surface area contributed by atoms with Crippen LogP contribution in [0.1, 0.15) is 5.56 Å². The Kier molecular flexibility index (Phi) is 2.47. The summed E-state index contributed by atoms with van der Waals surface area (Å²) >= 11 is 0. The van der Waals surface area contributed by atoms with E-state index in [1.807, 2.05) is 25.1 Å². The Labute approximate surface area is 120 Å². The molecule has 2 aromatic heterocycles.